The van der Waals surface area contributed by atoms with Crippen molar-refractivity contribution in [3.8, 4) is 11.8 Å². The van der Waals surface area contributed by atoms with Crippen molar-refractivity contribution < 1.29 is 17.9 Å². The summed E-state index contributed by atoms with van der Waals surface area (Å²) >= 11 is 0. The van der Waals surface area contributed by atoms with E-state index in [4.69, 9.17) is 15.7 Å². The average Bonchev–Trinajstić information content (AvgIpc) is 2.57. The van der Waals surface area contributed by atoms with Crippen LogP contribution in [-0.2, 0) is 6.18 Å². The Hall–Kier alpha value is -2.59. The van der Waals surface area contributed by atoms with Gasteiger partial charge in [0.15, 0.2) is 0 Å². The Morgan fingerprint density at radius 2 is 1.83 bits per heavy atom. The van der Waals surface area contributed by atoms with Crippen LogP contribution in [0.15, 0.2) is 36.4 Å². The Bertz CT molecular complexity index is 781. The Kier molecular flexibility index (Phi) is 4.16. The highest BCUT2D eigenvalue weighted by Crippen LogP contribution is 2.37. The Morgan fingerprint density at radius 3 is 2.46 bits per heavy atom. The second-order valence-corrected chi connectivity index (χ2v) is 5.60. The molecule has 1 aromatic carbocycles. The first-order chi connectivity index (χ1) is 11.4. The number of nitrogens with two attached hydrogens (primary N) is 1. The molecule has 0 radical (unpaired) electrons. The van der Waals surface area contributed by atoms with Gasteiger partial charge in [-0.3, -0.25) is 0 Å². The fourth-order valence-electron chi connectivity index (χ4n) is 2.74. The predicted octanol–water partition coefficient (Wildman–Crippen LogP) is 3.89. The number of nitrogens with zero attached hydrogens (tertiary/aromatic N) is 2. The number of hydrogen-bond acceptors (Lipinski definition) is 4. The molecule has 24 heavy (non-hydrogen) atoms. The van der Waals surface area contributed by atoms with Gasteiger partial charge in [0.25, 0.3) is 0 Å². The van der Waals surface area contributed by atoms with Gasteiger partial charge in [-0.15, -0.1) is 0 Å². The minimum Gasteiger partial charge on any atom is -0.484 e. The van der Waals surface area contributed by atoms with Crippen LogP contribution in [0.2, 0.25) is 0 Å². The van der Waals surface area contributed by atoms with Crippen LogP contribution in [0.4, 0.5) is 13.2 Å². The maximum Gasteiger partial charge on any atom is 0.416 e. The Morgan fingerprint density at radius 1 is 1.12 bits per heavy atom. The molecule has 2 aromatic rings. The molecule has 0 fully saturated rings. The molecule has 0 spiro atoms. The number of benzene rings is 1. The largest absolute Gasteiger partial charge is 0.484 e. The van der Waals surface area contributed by atoms with Crippen LogP contribution in [0.25, 0.3) is 0 Å². The summed E-state index contributed by atoms with van der Waals surface area (Å²) in [6.45, 7) is 0. The van der Waals surface area contributed by atoms with Gasteiger partial charge in [0.2, 0.25) is 0 Å². The van der Waals surface area contributed by atoms with E-state index < -0.39 is 17.8 Å². The summed E-state index contributed by atoms with van der Waals surface area (Å²) in [6, 6.07) is 9.65. The lowest BCUT2D eigenvalue weighted by atomic mass is 9.89. The van der Waals surface area contributed by atoms with E-state index in [1.165, 1.54) is 12.1 Å². The van der Waals surface area contributed by atoms with Crippen LogP contribution in [0.5, 0.6) is 5.75 Å². The van der Waals surface area contributed by atoms with Crippen LogP contribution in [-0.4, -0.2) is 4.98 Å². The molecule has 1 aliphatic carbocycles. The number of alkyl halides is 3. The first-order valence-corrected chi connectivity index (χ1v) is 7.39. The normalized spacial score (nSPS) is 20.1. The molecule has 2 unspecified atom stereocenters. The molecule has 2 N–H and O–H groups in total. The fraction of sp³-hybridized carbons (Fsp3) is 0.294. The number of hydrogen-bond donors (Lipinski definition) is 1. The summed E-state index contributed by atoms with van der Waals surface area (Å²) in [5, 5.41) is 9.00. The predicted molar refractivity (Wildman–Crippen MR) is 79.9 cm³/mol. The van der Waals surface area contributed by atoms with Gasteiger partial charge in [0.05, 0.1) is 11.3 Å². The molecule has 0 saturated carbocycles. The monoisotopic (exact) mass is 333 g/mol. The van der Waals surface area contributed by atoms with E-state index in [0.717, 1.165) is 17.7 Å². The molecule has 0 aliphatic heterocycles. The zero-order valence-corrected chi connectivity index (χ0v) is 12.5. The van der Waals surface area contributed by atoms with Crippen molar-refractivity contribution in [2.75, 3.05) is 0 Å². The lowest BCUT2D eigenvalue weighted by Gasteiger charge is -2.29. The maximum absolute atomic E-state index is 12.6. The summed E-state index contributed by atoms with van der Waals surface area (Å²) in [7, 11) is 0. The first-order valence-electron chi connectivity index (χ1n) is 7.39. The Labute approximate surface area is 136 Å². The zero-order valence-electron chi connectivity index (χ0n) is 12.5. The molecule has 0 bridgehead atoms. The molecule has 2 atom stereocenters. The number of fused-ring (bicyclic) bond motifs is 1. The molecule has 4 nitrogen and oxygen atoms in total. The topological polar surface area (TPSA) is 71.9 Å². The number of halogens is 3. The number of rotatable bonds is 2. The SMILES string of the molecule is N#Cc1ccc2c(n1)C(Oc1ccc(C(F)(F)F)cc1)CCC2N. The van der Waals surface area contributed by atoms with Gasteiger partial charge < -0.3 is 10.5 Å². The van der Waals surface area contributed by atoms with Crippen molar-refractivity contribution in [1.29, 1.82) is 5.26 Å². The van der Waals surface area contributed by atoms with Crippen LogP contribution in [0.1, 0.15) is 47.5 Å². The summed E-state index contributed by atoms with van der Waals surface area (Å²) < 4.78 is 43.6. The highest BCUT2D eigenvalue weighted by atomic mass is 19.4. The van der Waals surface area contributed by atoms with Gasteiger partial charge in [-0.25, -0.2) is 4.98 Å². The van der Waals surface area contributed by atoms with Crippen molar-refractivity contribution in [3.05, 3.63) is 58.9 Å². The molecule has 0 saturated heterocycles. The second kappa shape index (κ2) is 6.13. The second-order valence-electron chi connectivity index (χ2n) is 5.60. The lowest BCUT2D eigenvalue weighted by Crippen LogP contribution is -2.24. The van der Waals surface area contributed by atoms with Gasteiger partial charge in [-0.2, -0.15) is 18.4 Å². The highest BCUT2D eigenvalue weighted by molar-refractivity contribution is 5.35. The van der Waals surface area contributed by atoms with Crippen LogP contribution < -0.4 is 10.5 Å². The maximum atomic E-state index is 12.6. The molecule has 1 heterocycles. The van der Waals surface area contributed by atoms with E-state index in [2.05, 4.69) is 4.98 Å². The number of nitriles is 1. The molecule has 0 amide bonds. The minimum atomic E-state index is -4.38. The van der Waals surface area contributed by atoms with Crippen molar-refractivity contribution in [2.45, 2.75) is 31.2 Å². The van der Waals surface area contributed by atoms with Gasteiger partial charge >= 0.3 is 6.18 Å². The van der Waals surface area contributed by atoms with Gasteiger partial charge in [-0.1, -0.05) is 6.07 Å². The van der Waals surface area contributed by atoms with E-state index in [0.29, 0.717) is 24.3 Å². The molecular weight excluding hydrogens is 319 g/mol. The third-order valence-corrected chi connectivity index (χ3v) is 3.98. The molecule has 7 heteroatoms. The molecule has 1 aromatic heterocycles. The van der Waals surface area contributed by atoms with E-state index in [1.807, 2.05) is 6.07 Å². The molecule has 124 valence electrons. The lowest BCUT2D eigenvalue weighted by molar-refractivity contribution is -0.137. The molecular formula is C17H14F3N3O. The van der Waals surface area contributed by atoms with E-state index >= 15 is 0 Å². The fourth-order valence-corrected chi connectivity index (χ4v) is 2.74. The third-order valence-electron chi connectivity index (χ3n) is 3.98. The number of pyridine rings is 1. The number of aromatic nitrogens is 1. The van der Waals surface area contributed by atoms with Gasteiger partial charge in [0, 0.05) is 6.04 Å². The molecule has 3 rings (SSSR count). The summed E-state index contributed by atoms with van der Waals surface area (Å²) in [4.78, 5) is 4.27. The molecule has 1 aliphatic rings. The Balaban J connectivity index is 1.87. The van der Waals surface area contributed by atoms with E-state index in [9.17, 15) is 13.2 Å². The van der Waals surface area contributed by atoms with Crippen LogP contribution >= 0.6 is 0 Å². The third kappa shape index (κ3) is 3.19. The van der Waals surface area contributed by atoms with Crippen molar-refractivity contribution >= 4 is 0 Å². The quantitative estimate of drug-likeness (QED) is 0.905. The average molecular weight is 333 g/mol. The first kappa shape index (κ1) is 16.3. The van der Waals surface area contributed by atoms with Crippen molar-refractivity contribution in [2.24, 2.45) is 5.73 Å². The van der Waals surface area contributed by atoms with Gasteiger partial charge in [0.1, 0.15) is 23.6 Å². The van der Waals surface area contributed by atoms with Crippen molar-refractivity contribution in [3.63, 3.8) is 0 Å². The van der Waals surface area contributed by atoms with E-state index in [-0.39, 0.29) is 11.7 Å². The van der Waals surface area contributed by atoms with Gasteiger partial charge in [-0.05, 0) is 48.7 Å². The highest BCUT2D eigenvalue weighted by Gasteiger charge is 2.31. The summed E-state index contributed by atoms with van der Waals surface area (Å²) in [5.74, 6) is 0.318. The summed E-state index contributed by atoms with van der Waals surface area (Å²) in [6.07, 6.45) is -3.57. The van der Waals surface area contributed by atoms with E-state index in [1.54, 1.807) is 12.1 Å². The number of ether oxygens (including phenoxy) is 1. The van der Waals surface area contributed by atoms with Crippen molar-refractivity contribution in [1.82, 2.24) is 4.98 Å². The van der Waals surface area contributed by atoms with Crippen LogP contribution in [0, 0.1) is 11.3 Å². The summed E-state index contributed by atoms with van der Waals surface area (Å²) in [5.41, 5.74) is 6.96. The van der Waals surface area contributed by atoms with Crippen LogP contribution in [0.3, 0.4) is 0 Å². The zero-order chi connectivity index (χ0) is 17.3. The minimum absolute atomic E-state index is 0.187. The smallest absolute Gasteiger partial charge is 0.416 e. The standard InChI is InChI=1S/C17H14F3N3O/c18-17(19,20)10-1-4-12(5-2-10)24-15-8-7-14(22)13-6-3-11(9-21)23-16(13)15/h1-6,14-15H,7-8,22H2.